The highest BCUT2D eigenvalue weighted by molar-refractivity contribution is 14.1. The van der Waals surface area contributed by atoms with Crippen molar-refractivity contribution in [2.75, 3.05) is 7.11 Å². The molecule has 0 unspecified atom stereocenters. The second kappa shape index (κ2) is 3.52. The summed E-state index contributed by atoms with van der Waals surface area (Å²) >= 11 is 2.13. The lowest BCUT2D eigenvalue weighted by Crippen LogP contribution is -2.05. The summed E-state index contributed by atoms with van der Waals surface area (Å²) in [6, 6.07) is 0. The number of fused-ring (bicyclic) bond motifs is 1. The normalized spacial score (nSPS) is 10.4. The van der Waals surface area contributed by atoms with Crippen LogP contribution < -0.4 is 0 Å². The van der Waals surface area contributed by atoms with Crippen molar-refractivity contribution >= 4 is 39.6 Å². The van der Waals surface area contributed by atoms with Gasteiger partial charge in [-0.2, -0.15) is 0 Å². The molecule has 0 aliphatic rings. The molecule has 0 saturated carbocycles. The molecule has 0 bridgehead atoms. The molecule has 0 radical (unpaired) electrons. The molecule has 0 atom stereocenters. The van der Waals surface area contributed by atoms with E-state index in [0.29, 0.717) is 5.52 Å². The summed E-state index contributed by atoms with van der Waals surface area (Å²) < 4.78 is 5.55. The number of hydrogen-bond donors (Lipinski definition) is 1. The van der Waals surface area contributed by atoms with Crippen LogP contribution in [0, 0.1) is 3.57 Å². The van der Waals surface area contributed by atoms with Crippen LogP contribution in [0.5, 0.6) is 0 Å². The van der Waals surface area contributed by atoms with Crippen LogP contribution >= 0.6 is 22.6 Å². The average molecular weight is 303 g/mol. The van der Waals surface area contributed by atoms with Gasteiger partial charge in [0.05, 0.1) is 16.2 Å². The topological polar surface area (TPSA) is 67.9 Å². The second-order valence-corrected chi connectivity index (χ2v) is 3.74. The number of H-pyrrole nitrogens is 1. The van der Waals surface area contributed by atoms with Gasteiger partial charge in [-0.25, -0.2) is 14.8 Å². The Hall–Kier alpha value is -1.18. The zero-order valence-electron chi connectivity index (χ0n) is 7.24. The molecule has 72 valence electrons. The molecule has 0 amide bonds. The van der Waals surface area contributed by atoms with E-state index in [1.54, 1.807) is 6.20 Å². The van der Waals surface area contributed by atoms with Crippen molar-refractivity contribution in [1.82, 2.24) is 15.0 Å². The van der Waals surface area contributed by atoms with E-state index in [0.717, 1.165) is 9.09 Å². The predicted octanol–water partition coefficient (Wildman–Crippen LogP) is 1.35. The van der Waals surface area contributed by atoms with Crippen LogP contribution in [0.25, 0.3) is 11.0 Å². The predicted molar refractivity (Wildman–Crippen MR) is 57.9 cm³/mol. The number of ether oxygens (including phenoxy) is 1. The first-order valence-electron chi connectivity index (χ1n) is 3.80. The molecule has 2 aromatic rings. The number of esters is 1. The van der Waals surface area contributed by atoms with E-state index in [4.69, 9.17) is 0 Å². The molecule has 0 fully saturated rings. The lowest BCUT2D eigenvalue weighted by Gasteiger charge is -1.98. The van der Waals surface area contributed by atoms with Crippen LogP contribution in [-0.4, -0.2) is 28.0 Å². The molecule has 2 heterocycles. The summed E-state index contributed by atoms with van der Waals surface area (Å²) in [4.78, 5) is 22.2. The number of methoxy groups -OCH3 is 1. The second-order valence-electron chi connectivity index (χ2n) is 2.57. The fourth-order valence-corrected chi connectivity index (χ4v) is 1.72. The van der Waals surface area contributed by atoms with Crippen LogP contribution in [0.2, 0.25) is 0 Å². The number of rotatable bonds is 1. The Morgan fingerprint density at radius 2 is 2.36 bits per heavy atom. The Bertz CT molecular complexity index is 494. The quantitative estimate of drug-likeness (QED) is 0.638. The van der Waals surface area contributed by atoms with Gasteiger partial charge in [-0.3, -0.25) is 0 Å². The minimum Gasteiger partial charge on any atom is -0.464 e. The molecule has 0 aliphatic heterocycles. The van der Waals surface area contributed by atoms with Crippen molar-refractivity contribution in [1.29, 1.82) is 0 Å². The van der Waals surface area contributed by atoms with Crippen molar-refractivity contribution in [3.63, 3.8) is 0 Å². The lowest BCUT2D eigenvalue weighted by atomic mass is 10.3. The Labute approximate surface area is 93.0 Å². The van der Waals surface area contributed by atoms with Crippen LogP contribution in [0.15, 0.2) is 12.5 Å². The van der Waals surface area contributed by atoms with Gasteiger partial charge >= 0.3 is 5.97 Å². The van der Waals surface area contributed by atoms with Crippen molar-refractivity contribution in [2.24, 2.45) is 0 Å². The average Bonchev–Trinajstić information content (AvgIpc) is 2.59. The molecular weight excluding hydrogens is 297 g/mol. The smallest absolute Gasteiger partial charge is 0.358 e. The third-order valence-electron chi connectivity index (χ3n) is 1.80. The van der Waals surface area contributed by atoms with Crippen LogP contribution in [0.4, 0.5) is 0 Å². The third kappa shape index (κ3) is 1.35. The van der Waals surface area contributed by atoms with E-state index >= 15 is 0 Å². The van der Waals surface area contributed by atoms with Crippen molar-refractivity contribution < 1.29 is 9.53 Å². The monoisotopic (exact) mass is 303 g/mol. The number of carbonyl (C=O) groups excluding carboxylic acids is 1. The van der Waals surface area contributed by atoms with Crippen LogP contribution in [0.3, 0.4) is 0 Å². The number of aromatic amines is 1. The molecule has 1 N–H and O–H groups in total. The molecule has 0 saturated heterocycles. The Balaban J connectivity index is 2.71. The number of nitrogens with zero attached hydrogens (tertiary/aromatic N) is 2. The number of aromatic nitrogens is 3. The number of nitrogens with one attached hydrogen (secondary N) is 1. The van der Waals surface area contributed by atoms with E-state index in [-0.39, 0.29) is 5.69 Å². The van der Waals surface area contributed by atoms with Gasteiger partial charge in [0.15, 0.2) is 5.69 Å². The van der Waals surface area contributed by atoms with Gasteiger partial charge in [-0.15, -0.1) is 0 Å². The van der Waals surface area contributed by atoms with Crippen molar-refractivity contribution in [2.45, 2.75) is 0 Å². The first-order valence-corrected chi connectivity index (χ1v) is 4.88. The summed E-state index contributed by atoms with van der Waals surface area (Å²) in [5, 5.41) is 0. The van der Waals surface area contributed by atoms with E-state index < -0.39 is 5.97 Å². The Kier molecular flexibility index (Phi) is 2.36. The van der Waals surface area contributed by atoms with E-state index in [2.05, 4.69) is 42.3 Å². The van der Waals surface area contributed by atoms with Gasteiger partial charge in [0, 0.05) is 6.20 Å². The largest absolute Gasteiger partial charge is 0.464 e. The summed E-state index contributed by atoms with van der Waals surface area (Å²) in [6.07, 6.45) is 3.12. The molecule has 5 nitrogen and oxygen atoms in total. The fourth-order valence-electron chi connectivity index (χ4n) is 1.16. The van der Waals surface area contributed by atoms with Crippen molar-refractivity contribution in [3.05, 3.63) is 21.8 Å². The van der Waals surface area contributed by atoms with Gasteiger partial charge in [0.25, 0.3) is 0 Å². The zero-order chi connectivity index (χ0) is 10.1. The van der Waals surface area contributed by atoms with Gasteiger partial charge in [-0.1, -0.05) is 0 Å². The zero-order valence-corrected chi connectivity index (χ0v) is 9.40. The number of carbonyl (C=O) groups is 1. The highest BCUT2D eigenvalue weighted by Gasteiger charge is 2.14. The van der Waals surface area contributed by atoms with E-state index in [1.807, 2.05) is 0 Å². The SMILES string of the molecule is COC(=O)c1ncnc2c(I)c[nH]c12. The molecular formula is C8H6IN3O2. The van der Waals surface area contributed by atoms with E-state index in [9.17, 15) is 4.79 Å². The summed E-state index contributed by atoms with van der Waals surface area (Å²) in [5.74, 6) is -0.462. The Morgan fingerprint density at radius 3 is 3.07 bits per heavy atom. The molecule has 2 aromatic heterocycles. The van der Waals surface area contributed by atoms with Crippen LogP contribution in [-0.2, 0) is 4.74 Å². The maximum Gasteiger partial charge on any atom is 0.358 e. The molecule has 2 rings (SSSR count). The fraction of sp³-hybridized carbons (Fsp3) is 0.125. The number of halogens is 1. The minimum absolute atomic E-state index is 0.264. The van der Waals surface area contributed by atoms with Gasteiger partial charge in [0.2, 0.25) is 0 Å². The highest BCUT2D eigenvalue weighted by atomic mass is 127. The standard InChI is InChI=1S/C8H6IN3O2/c1-14-8(13)7-6-5(11-3-12-7)4(9)2-10-6/h2-3,10H,1H3. The minimum atomic E-state index is -0.462. The van der Waals surface area contributed by atoms with Gasteiger partial charge < -0.3 is 9.72 Å². The summed E-state index contributed by atoms with van der Waals surface area (Å²) in [6.45, 7) is 0. The van der Waals surface area contributed by atoms with E-state index in [1.165, 1.54) is 13.4 Å². The first-order chi connectivity index (χ1) is 6.74. The first kappa shape index (κ1) is 9.38. The van der Waals surface area contributed by atoms with Crippen molar-refractivity contribution in [3.8, 4) is 0 Å². The molecule has 6 heteroatoms. The van der Waals surface area contributed by atoms with Crippen LogP contribution in [0.1, 0.15) is 10.5 Å². The summed E-state index contributed by atoms with van der Waals surface area (Å²) in [7, 11) is 1.32. The number of hydrogen-bond acceptors (Lipinski definition) is 4. The molecule has 14 heavy (non-hydrogen) atoms. The summed E-state index contributed by atoms with van der Waals surface area (Å²) in [5.41, 5.74) is 1.62. The molecule has 0 aliphatic carbocycles. The highest BCUT2D eigenvalue weighted by Crippen LogP contribution is 2.19. The van der Waals surface area contributed by atoms with Gasteiger partial charge in [-0.05, 0) is 22.6 Å². The Morgan fingerprint density at radius 1 is 1.57 bits per heavy atom. The maximum absolute atomic E-state index is 11.3. The maximum atomic E-state index is 11.3. The third-order valence-corrected chi connectivity index (χ3v) is 2.62. The van der Waals surface area contributed by atoms with Gasteiger partial charge in [0.1, 0.15) is 11.8 Å². The molecule has 0 spiro atoms. The lowest BCUT2D eigenvalue weighted by molar-refractivity contribution is 0.0596. The molecule has 0 aromatic carbocycles.